The average Bonchev–Trinajstić information content (AvgIpc) is 2.87. The van der Waals surface area contributed by atoms with Crippen LogP contribution in [-0.2, 0) is 9.84 Å². The molecule has 1 aromatic carbocycles. The third-order valence-corrected chi connectivity index (χ3v) is 5.96. The van der Waals surface area contributed by atoms with Crippen LogP contribution in [-0.4, -0.2) is 42.5 Å². The second kappa shape index (κ2) is 6.95. The van der Waals surface area contributed by atoms with Gasteiger partial charge in [0.25, 0.3) is 0 Å². The Bertz CT molecular complexity index is 873. The van der Waals surface area contributed by atoms with E-state index >= 15 is 0 Å². The van der Waals surface area contributed by atoms with Crippen LogP contribution in [0.15, 0.2) is 30.3 Å². The fraction of sp³-hybridized carbons (Fsp3) is 0.412. The first-order valence-corrected chi connectivity index (χ1v) is 10.0. The SMILES string of the molecule is CCN(c1cc(C)nc(Nc2cccc(F)c2)n1)C1CCS(=O)(=O)C1. The molecular weight excluding hydrogens is 343 g/mol. The number of hydrogen-bond donors (Lipinski definition) is 1. The van der Waals surface area contributed by atoms with Crippen molar-refractivity contribution in [2.24, 2.45) is 0 Å². The maximum atomic E-state index is 13.3. The van der Waals surface area contributed by atoms with Gasteiger partial charge >= 0.3 is 0 Å². The van der Waals surface area contributed by atoms with E-state index in [2.05, 4.69) is 15.3 Å². The summed E-state index contributed by atoms with van der Waals surface area (Å²) in [6, 6.07) is 7.84. The molecule has 1 aromatic heterocycles. The second-order valence-corrected chi connectivity index (χ2v) is 8.40. The van der Waals surface area contributed by atoms with Gasteiger partial charge in [-0.15, -0.1) is 0 Å². The van der Waals surface area contributed by atoms with Crippen LogP contribution in [0.5, 0.6) is 0 Å². The first-order chi connectivity index (χ1) is 11.9. The Morgan fingerprint density at radius 3 is 2.76 bits per heavy atom. The molecular formula is C17H21FN4O2S. The van der Waals surface area contributed by atoms with E-state index in [0.717, 1.165) is 5.69 Å². The number of anilines is 3. The van der Waals surface area contributed by atoms with Gasteiger partial charge in [-0.1, -0.05) is 6.07 Å². The summed E-state index contributed by atoms with van der Waals surface area (Å²) in [5.74, 6) is 1.06. The lowest BCUT2D eigenvalue weighted by Gasteiger charge is -2.28. The summed E-state index contributed by atoms with van der Waals surface area (Å²) in [6.07, 6.45) is 0.603. The lowest BCUT2D eigenvalue weighted by atomic mass is 10.2. The predicted molar refractivity (Wildman–Crippen MR) is 96.5 cm³/mol. The number of hydrogen-bond acceptors (Lipinski definition) is 6. The van der Waals surface area contributed by atoms with E-state index in [-0.39, 0.29) is 23.4 Å². The van der Waals surface area contributed by atoms with Gasteiger partial charge in [0.2, 0.25) is 5.95 Å². The van der Waals surface area contributed by atoms with Crippen LogP contribution in [0.3, 0.4) is 0 Å². The largest absolute Gasteiger partial charge is 0.353 e. The minimum absolute atomic E-state index is 0.0775. The molecule has 0 aliphatic carbocycles. The highest BCUT2D eigenvalue weighted by molar-refractivity contribution is 7.91. The maximum absolute atomic E-state index is 13.3. The lowest BCUT2D eigenvalue weighted by Crippen LogP contribution is -2.36. The zero-order valence-corrected chi connectivity index (χ0v) is 15.1. The Labute approximate surface area is 147 Å². The van der Waals surface area contributed by atoms with E-state index in [1.165, 1.54) is 12.1 Å². The molecule has 0 saturated carbocycles. The standard InChI is InChI=1S/C17H21FN4O2S/c1-3-22(15-7-8-25(23,24)11-15)16-9-12(2)19-17(21-16)20-14-6-4-5-13(18)10-14/h4-6,9-10,15H,3,7-8,11H2,1-2H3,(H,19,20,21). The molecule has 2 aromatic rings. The molecule has 3 rings (SSSR count). The van der Waals surface area contributed by atoms with Crippen LogP contribution in [0, 0.1) is 12.7 Å². The number of aromatic nitrogens is 2. The Morgan fingerprint density at radius 2 is 2.12 bits per heavy atom. The van der Waals surface area contributed by atoms with Gasteiger partial charge in [0.15, 0.2) is 9.84 Å². The van der Waals surface area contributed by atoms with E-state index in [0.29, 0.717) is 30.4 Å². The Morgan fingerprint density at radius 1 is 1.32 bits per heavy atom. The molecule has 0 radical (unpaired) electrons. The van der Waals surface area contributed by atoms with Crippen molar-refractivity contribution in [2.75, 3.05) is 28.3 Å². The first-order valence-electron chi connectivity index (χ1n) is 8.21. The number of sulfone groups is 1. The Kier molecular flexibility index (Phi) is 4.89. The highest BCUT2D eigenvalue weighted by Crippen LogP contribution is 2.25. The van der Waals surface area contributed by atoms with E-state index < -0.39 is 9.84 Å². The molecule has 1 aliphatic rings. The second-order valence-electron chi connectivity index (χ2n) is 6.17. The summed E-state index contributed by atoms with van der Waals surface area (Å²) in [6.45, 7) is 4.47. The van der Waals surface area contributed by atoms with Crippen LogP contribution in [0.1, 0.15) is 19.0 Å². The summed E-state index contributed by atoms with van der Waals surface area (Å²) < 4.78 is 36.9. The van der Waals surface area contributed by atoms with Gasteiger partial charge in [-0.05, 0) is 38.5 Å². The van der Waals surface area contributed by atoms with Crippen LogP contribution in [0.4, 0.5) is 21.8 Å². The van der Waals surface area contributed by atoms with Gasteiger partial charge in [0.1, 0.15) is 11.6 Å². The molecule has 134 valence electrons. The smallest absolute Gasteiger partial charge is 0.229 e. The average molecular weight is 364 g/mol. The molecule has 25 heavy (non-hydrogen) atoms. The van der Waals surface area contributed by atoms with Crippen molar-refractivity contribution in [3.8, 4) is 0 Å². The zero-order chi connectivity index (χ0) is 18.0. The molecule has 8 heteroatoms. The van der Waals surface area contributed by atoms with Crippen LogP contribution < -0.4 is 10.2 Å². The molecule has 6 nitrogen and oxygen atoms in total. The third kappa shape index (κ3) is 4.25. The van der Waals surface area contributed by atoms with Gasteiger partial charge in [-0.3, -0.25) is 0 Å². The molecule has 1 atom stereocenters. The van der Waals surface area contributed by atoms with Gasteiger partial charge in [0.05, 0.1) is 11.5 Å². The summed E-state index contributed by atoms with van der Waals surface area (Å²) in [5, 5.41) is 3.00. The summed E-state index contributed by atoms with van der Waals surface area (Å²) >= 11 is 0. The minimum atomic E-state index is -2.97. The molecule has 1 unspecified atom stereocenters. The molecule has 1 aliphatic heterocycles. The number of rotatable bonds is 5. The minimum Gasteiger partial charge on any atom is -0.353 e. The third-order valence-electron chi connectivity index (χ3n) is 4.21. The Hall–Kier alpha value is -2.22. The van der Waals surface area contributed by atoms with Gasteiger partial charge < -0.3 is 10.2 Å². The number of halogens is 1. The number of nitrogens with one attached hydrogen (secondary N) is 1. The quantitative estimate of drug-likeness (QED) is 0.879. The topological polar surface area (TPSA) is 75.2 Å². The summed E-state index contributed by atoms with van der Waals surface area (Å²) in [5.41, 5.74) is 1.31. The predicted octanol–water partition coefficient (Wildman–Crippen LogP) is 2.68. The van der Waals surface area contributed by atoms with Crippen LogP contribution in [0.2, 0.25) is 0 Å². The van der Waals surface area contributed by atoms with E-state index in [1.54, 1.807) is 12.1 Å². The van der Waals surface area contributed by atoms with E-state index in [9.17, 15) is 12.8 Å². The highest BCUT2D eigenvalue weighted by atomic mass is 32.2. The van der Waals surface area contributed by atoms with E-state index in [1.807, 2.05) is 24.8 Å². The van der Waals surface area contributed by atoms with E-state index in [4.69, 9.17) is 0 Å². The van der Waals surface area contributed by atoms with Crippen LogP contribution >= 0.6 is 0 Å². The van der Waals surface area contributed by atoms with Crippen molar-refractivity contribution in [2.45, 2.75) is 26.3 Å². The lowest BCUT2D eigenvalue weighted by molar-refractivity contribution is 0.599. The molecule has 0 amide bonds. The molecule has 2 heterocycles. The first kappa shape index (κ1) is 17.6. The number of benzene rings is 1. The van der Waals surface area contributed by atoms with Crippen LogP contribution in [0.25, 0.3) is 0 Å². The molecule has 1 N–H and O–H groups in total. The van der Waals surface area contributed by atoms with Crippen molar-refractivity contribution in [3.05, 3.63) is 41.8 Å². The number of nitrogens with zero attached hydrogens (tertiary/aromatic N) is 3. The number of aryl methyl sites for hydroxylation is 1. The molecule has 1 saturated heterocycles. The van der Waals surface area contributed by atoms with Gasteiger partial charge in [-0.25, -0.2) is 17.8 Å². The van der Waals surface area contributed by atoms with Gasteiger partial charge in [-0.2, -0.15) is 4.98 Å². The van der Waals surface area contributed by atoms with Crippen molar-refractivity contribution in [1.82, 2.24) is 9.97 Å². The maximum Gasteiger partial charge on any atom is 0.229 e. The summed E-state index contributed by atoms with van der Waals surface area (Å²) in [7, 11) is -2.97. The van der Waals surface area contributed by atoms with Gasteiger partial charge in [0, 0.05) is 30.0 Å². The highest BCUT2D eigenvalue weighted by Gasteiger charge is 2.32. The van der Waals surface area contributed by atoms with Crippen molar-refractivity contribution >= 4 is 27.3 Å². The fourth-order valence-electron chi connectivity index (χ4n) is 3.08. The fourth-order valence-corrected chi connectivity index (χ4v) is 4.81. The molecule has 0 spiro atoms. The zero-order valence-electron chi connectivity index (χ0n) is 14.2. The Balaban J connectivity index is 1.87. The normalized spacial score (nSPS) is 18.9. The molecule has 0 bridgehead atoms. The van der Waals surface area contributed by atoms with Crippen molar-refractivity contribution < 1.29 is 12.8 Å². The van der Waals surface area contributed by atoms with Crippen molar-refractivity contribution in [3.63, 3.8) is 0 Å². The van der Waals surface area contributed by atoms with Crippen molar-refractivity contribution in [1.29, 1.82) is 0 Å². The molecule has 1 fully saturated rings. The monoisotopic (exact) mass is 364 g/mol. The summed E-state index contributed by atoms with van der Waals surface area (Å²) in [4.78, 5) is 10.8.